The van der Waals surface area contributed by atoms with Crippen molar-refractivity contribution < 1.29 is 14.6 Å². The Morgan fingerprint density at radius 2 is 1.65 bits per heavy atom. The molecule has 0 radical (unpaired) electrons. The van der Waals surface area contributed by atoms with Gasteiger partial charge in [0.15, 0.2) is 11.5 Å². The van der Waals surface area contributed by atoms with Crippen molar-refractivity contribution in [3.05, 3.63) is 42.0 Å². The van der Waals surface area contributed by atoms with Gasteiger partial charge in [0.05, 0.1) is 18.8 Å². The topological polar surface area (TPSA) is 62.5 Å². The van der Waals surface area contributed by atoms with Gasteiger partial charge in [-0.1, -0.05) is 12.1 Å². The molecule has 20 heavy (non-hydrogen) atoms. The smallest absolute Gasteiger partial charge is 0.161 e. The third-order valence-electron chi connectivity index (χ3n) is 3.20. The predicted molar refractivity (Wildman–Crippen MR) is 73.9 cm³/mol. The molecule has 2 aromatic carbocycles. The fraction of sp³-hybridized carbons (Fsp3) is 0.188. The van der Waals surface area contributed by atoms with Crippen LogP contribution in [0.5, 0.6) is 17.2 Å². The van der Waals surface area contributed by atoms with E-state index >= 15 is 0 Å². The van der Waals surface area contributed by atoms with Gasteiger partial charge in [0.2, 0.25) is 0 Å². The van der Waals surface area contributed by atoms with Gasteiger partial charge in [-0.25, -0.2) is 0 Å². The van der Waals surface area contributed by atoms with Gasteiger partial charge in [-0.05, 0) is 35.4 Å². The molecule has 0 atom stereocenters. The average molecular weight is 267 g/mol. The fourth-order valence-corrected chi connectivity index (χ4v) is 2.15. The van der Waals surface area contributed by atoms with E-state index in [1.54, 1.807) is 12.1 Å². The number of hydrogen-bond acceptors (Lipinski definition) is 4. The molecule has 0 saturated carbocycles. The number of aromatic hydroxyl groups is 1. The zero-order valence-corrected chi connectivity index (χ0v) is 10.8. The van der Waals surface area contributed by atoms with Gasteiger partial charge >= 0.3 is 0 Å². The number of nitriles is 1. The summed E-state index contributed by atoms with van der Waals surface area (Å²) in [7, 11) is 0. The summed E-state index contributed by atoms with van der Waals surface area (Å²) in [5, 5.41) is 18.5. The minimum atomic E-state index is -0.00871. The van der Waals surface area contributed by atoms with Crippen molar-refractivity contribution in [2.75, 3.05) is 13.2 Å². The van der Waals surface area contributed by atoms with E-state index in [1.165, 1.54) is 6.07 Å². The Morgan fingerprint density at radius 3 is 2.45 bits per heavy atom. The van der Waals surface area contributed by atoms with E-state index in [0.29, 0.717) is 19.0 Å². The zero-order chi connectivity index (χ0) is 13.9. The number of rotatable bonds is 1. The molecule has 3 rings (SSSR count). The van der Waals surface area contributed by atoms with Crippen LogP contribution in [0.4, 0.5) is 0 Å². The summed E-state index contributed by atoms with van der Waals surface area (Å²) in [6.45, 7) is 1.29. The number of hydrogen-bond donors (Lipinski definition) is 1. The molecule has 0 spiro atoms. The van der Waals surface area contributed by atoms with Crippen LogP contribution in [0.15, 0.2) is 36.4 Å². The predicted octanol–water partition coefficient (Wildman–Crippen LogP) is 3.09. The molecule has 0 aliphatic carbocycles. The van der Waals surface area contributed by atoms with Crippen LogP contribution >= 0.6 is 0 Å². The minimum Gasteiger partial charge on any atom is -0.507 e. The highest BCUT2D eigenvalue weighted by atomic mass is 16.5. The van der Waals surface area contributed by atoms with E-state index < -0.39 is 0 Å². The lowest BCUT2D eigenvalue weighted by molar-refractivity contribution is 0.297. The molecule has 0 unspecified atom stereocenters. The molecule has 4 nitrogen and oxygen atoms in total. The zero-order valence-electron chi connectivity index (χ0n) is 10.8. The van der Waals surface area contributed by atoms with Gasteiger partial charge in [0.1, 0.15) is 11.8 Å². The lowest BCUT2D eigenvalue weighted by atomic mass is 10.0. The highest BCUT2D eigenvalue weighted by molar-refractivity contribution is 5.70. The molecule has 1 aliphatic rings. The molecular formula is C16H13NO3. The number of benzene rings is 2. The number of phenolic OH excluding ortho intramolecular Hbond substituents is 1. The molecular weight excluding hydrogens is 254 g/mol. The summed E-state index contributed by atoms with van der Waals surface area (Å²) >= 11 is 0. The van der Waals surface area contributed by atoms with Crippen molar-refractivity contribution in [1.29, 1.82) is 5.26 Å². The Balaban J connectivity index is 2.03. The van der Waals surface area contributed by atoms with E-state index in [0.717, 1.165) is 23.3 Å². The summed E-state index contributed by atoms with van der Waals surface area (Å²) in [5.74, 6) is 1.45. The van der Waals surface area contributed by atoms with Gasteiger partial charge in [-0.15, -0.1) is 0 Å². The molecule has 4 heteroatoms. The van der Waals surface area contributed by atoms with Crippen molar-refractivity contribution in [2.24, 2.45) is 0 Å². The van der Waals surface area contributed by atoms with Crippen LogP contribution < -0.4 is 9.47 Å². The van der Waals surface area contributed by atoms with Crippen LogP contribution in [0.2, 0.25) is 0 Å². The second-order valence-electron chi connectivity index (χ2n) is 4.56. The summed E-state index contributed by atoms with van der Waals surface area (Å²) in [5.41, 5.74) is 2.04. The van der Waals surface area contributed by atoms with Crippen LogP contribution in [0, 0.1) is 11.3 Å². The summed E-state index contributed by atoms with van der Waals surface area (Å²) in [4.78, 5) is 0. The monoisotopic (exact) mass is 267 g/mol. The number of ether oxygens (including phenoxy) is 2. The molecule has 100 valence electrons. The summed E-state index contributed by atoms with van der Waals surface area (Å²) < 4.78 is 11.2. The van der Waals surface area contributed by atoms with Gasteiger partial charge in [-0.2, -0.15) is 5.26 Å². The second kappa shape index (κ2) is 5.14. The van der Waals surface area contributed by atoms with E-state index in [1.807, 2.05) is 24.3 Å². The van der Waals surface area contributed by atoms with Crippen molar-refractivity contribution in [3.8, 4) is 34.4 Å². The third-order valence-corrected chi connectivity index (χ3v) is 3.20. The Bertz CT molecular complexity index is 689. The van der Waals surface area contributed by atoms with Crippen molar-refractivity contribution in [3.63, 3.8) is 0 Å². The van der Waals surface area contributed by atoms with Gasteiger partial charge in [0.25, 0.3) is 0 Å². The maximum atomic E-state index is 9.54. The highest BCUT2D eigenvalue weighted by Gasteiger charge is 2.12. The van der Waals surface area contributed by atoms with Gasteiger partial charge in [0, 0.05) is 6.42 Å². The first kappa shape index (κ1) is 12.4. The number of fused-ring (bicyclic) bond motifs is 1. The van der Waals surface area contributed by atoms with Crippen LogP contribution in [-0.2, 0) is 0 Å². The molecule has 0 fully saturated rings. The molecule has 1 aliphatic heterocycles. The maximum absolute atomic E-state index is 9.54. The Morgan fingerprint density at radius 1 is 0.950 bits per heavy atom. The maximum Gasteiger partial charge on any atom is 0.161 e. The van der Waals surface area contributed by atoms with Gasteiger partial charge < -0.3 is 14.6 Å². The molecule has 0 aromatic heterocycles. The minimum absolute atomic E-state index is 0.00871. The second-order valence-corrected chi connectivity index (χ2v) is 4.56. The fourth-order valence-electron chi connectivity index (χ4n) is 2.15. The van der Waals surface area contributed by atoms with Crippen LogP contribution in [0.3, 0.4) is 0 Å². The van der Waals surface area contributed by atoms with Gasteiger partial charge in [-0.3, -0.25) is 0 Å². The molecule has 1 heterocycles. The lowest BCUT2D eigenvalue weighted by Crippen LogP contribution is -1.97. The Kier molecular flexibility index (Phi) is 3.18. The van der Waals surface area contributed by atoms with Crippen LogP contribution in [0.25, 0.3) is 11.1 Å². The van der Waals surface area contributed by atoms with Crippen molar-refractivity contribution in [2.45, 2.75) is 6.42 Å². The standard InChI is InChI=1S/C16H13NO3/c17-10-13-8-11(2-4-14(13)18)12-3-5-15-16(9-12)20-7-1-6-19-15/h2-5,8-9,18H,1,6-7H2. The first-order valence-corrected chi connectivity index (χ1v) is 6.41. The quantitative estimate of drug-likeness (QED) is 0.862. The van der Waals surface area contributed by atoms with Crippen molar-refractivity contribution in [1.82, 2.24) is 0 Å². The molecule has 1 N–H and O–H groups in total. The third kappa shape index (κ3) is 2.26. The molecule has 0 bridgehead atoms. The summed E-state index contributed by atoms with van der Waals surface area (Å²) in [6, 6.07) is 12.6. The van der Waals surface area contributed by atoms with Crippen LogP contribution in [0.1, 0.15) is 12.0 Å². The summed E-state index contributed by atoms with van der Waals surface area (Å²) in [6.07, 6.45) is 0.863. The number of nitrogens with zero attached hydrogens (tertiary/aromatic N) is 1. The van der Waals surface area contributed by atoms with Crippen molar-refractivity contribution >= 4 is 0 Å². The van der Waals surface area contributed by atoms with E-state index in [-0.39, 0.29) is 11.3 Å². The Hall–Kier alpha value is -2.67. The molecule has 0 saturated heterocycles. The Labute approximate surface area is 116 Å². The van der Waals surface area contributed by atoms with E-state index in [2.05, 4.69) is 0 Å². The SMILES string of the molecule is N#Cc1cc(-c2ccc3c(c2)OCCCO3)ccc1O. The lowest BCUT2D eigenvalue weighted by Gasteiger charge is -2.10. The number of phenols is 1. The highest BCUT2D eigenvalue weighted by Crippen LogP contribution is 2.35. The van der Waals surface area contributed by atoms with E-state index in [4.69, 9.17) is 14.7 Å². The average Bonchev–Trinajstić information content (AvgIpc) is 2.72. The molecule has 2 aromatic rings. The largest absolute Gasteiger partial charge is 0.507 e. The van der Waals surface area contributed by atoms with E-state index in [9.17, 15) is 5.11 Å². The van der Waals surface area contributed by atoms with Crippen LogP contribution in [-0.4, -0.2) is 18.3 Å². The molecule has 0 amide bonds. The first-order valence-electron chi connectivity index (χ1n) is 6.41. The normalized spacial score (nSPS) is 13.3. The first-order chi connectivity index (χ1) is 9.78.